The monoisotopic (exact) mass is 388 g/mol. The van der Waals surface area contributed by atoms with E-state index in [1.54, 1.807) is 7.11 Å². The predicted molar refractivity (Wildman–Crippen MR) is 114 cm³/mol. The van der Waals surface area contributed by atoms with Crippen LogP contribution in [0.1, 0.15) is 12.8 Å². The molecule has 0 bridgehead atoms. The molecule has 2 aromatic carbocycles. The number of amides is 1. The lowest BCUT2D eigenvalue weighted by atomic mass is 9.97. The summed E-state index contributed by atoms with van der Waals surface area (Å²) in [4.78, 5) is 14.8. The van der Waals surface area contributed by atoms with Crippen LogP contribution in [0.3, 0.4) is 0 Å². The zero-order valence-corrected chi connectivity index (χ0v) is 16.4. The smallest absolute Gasteiger partial charge is 0.229 e. The van der Waals surface area contributed by atoms with Crippen LogP contribution in [0.2, 0.25) is 0 Å². The second kappa shape index (κ2) is 8.73. The maximum Gasteiger partial charge on any atom is 0.229 e. The van der Waals surface area contributed by atoms with Gasteiger partial charge in [0.1, 0.15) is 5.75 Å². The molecule has 3 aromatic rings. The normalized spacial score (nSPS) is 16.3. The number of carbonyl (C=O) groups excluding carboxylic acids is 1. The van der Waals surface area contributed by atoms with E-state index in [0.717, 1.165) is 47.9 Å². The number of carbonyl (C=O) groups is 1. The molecule has 29 heavy (non-hydrogen) atoms. The van der Waals surface area contributed by atoms with Gasteiger partial charge in [-0.3, -0.25) is 4.79 Å². The molecule has 0 saturated carbocycles. The summed E-state index contributed by atoms with van der Waals surface area (Å²) < 4.78 is 5.41. The van der Waals surface area contributed by atoms with Crippen LogP contribution in [-0.4, -0.2) is 36.3 Å². The highest BCUT2D eigenvalue weighted by molar-refractivity contribution is 5.93. The molecule has 0 aliphatic carbocycles. The Balaban J connectivity index is 1.45. The number of nitrogens with one attached hydrogen (secondary N) is 1. The minimum Gasteiger partial charge on any atom is -0.496 e. The minimum atomic E-state index is -0.0698. The van der Waals surface area contributed by atoms with Crippen LogP contribution < -0.4 is 15.0 Å². The van der Waals surface area contributed by atoms with Crippen LogP contribution >= 0.6 is 0 Å². The molecule has 1 N–H and O–H groups in total. The summed E-state index contributed by atoms with van der Waals surface area (Å²) >= 11 is 0. The van der Waals surface area contributed by atoms with Crippen molar-refractivity contribution in [2.75, 3.05) is 30.4 Å². The zero-order chi connectivity index (χ0) is 20.1. The van der Waals surface area contributed by atoms with E-state index in [9.17, 15) is 4.79 Å². The maximum atomic E-state index is 12.7. The minimum absolute atomic E-state index is 0.0551. The predicted octanol–water partition coefficient (Wildman–Crippen LogP) is 4.01. The average molecular weight is 388 g/mol. The molecule has 1 unspecified atom stereocenters. The third kappa shape index (κ3) is 4.37. The van der Waals surface area contributed by atoms with E-state index >= 15 is 0 Å². The van der Waals surface area contributed by atoms with E-state index in [-0.39, 0.29) is 11.8 Å². The van der Waals surface area contributed by atoms with Crippen molar-refractivity contribution in [3.63, 3.8) is 0 Å². The lowest BCUT2D eigenvalue weighted by Gasteiger charge is -2.32. The largest absolute Gasteiger partial charge is 0.496 e. The Hall–Kier alpha value is -3.41. The molecule has 1 saturated heterocycles. The summed E-state index contributed by atoms with van der Waals surface area (Å²) in [6.45, 7) is 1.51. The Morgan fingerprint density at radius 1 is 1.03 bits per heavy atom. The molecule has 148 valence electrons. The van der Waals surface area contributed by atoms with Gasteiger partial charge in [0.15, 0.2) is 5.82 Å². The van der Waals surface area contributed by atoms with Crippen LogP contribution in [0.25, 0.3) is 11.3 Å². The molecular formula is C23H24N4O2. The lowest BCUT2D eigenvalue weighted by Crippen LogP contribution is -2.41. The van der Waals surface area contributed by atoms with Gasteiger partial charge < -0.3 is 15.0 Å². The van der Waals surface area contributed by atoms with Gasteiger partial charge in [-0.2, -0.15) is 0 Å². The molecule has 1 aromatic heterocycles. The van der Waals surface area contributed by atoms with Gasteiger partial charge in [0.2, 0.25) is 5.91 Å². The van der Waals surface area contributed by atoms with Crippen molar-refractivity contribution in [3.8, 4) is 17.0 Å². The molecule has 1 aliphatic heterocycles. The van der Waals surface area contributed by atoms with Crippen molar-refractivity contribution in [1.82, 2.24) is 10.2 Å². The van der Waals surface area contributed by atoms with Crippen molar-refractivity contribution in [2.45, 2.75) is 12.8 Å². The standard InChI is InChI=1S/C23H24N4O2/c1-29-21-12-6-5-11-19(21)20-13-14-22(26-25-20)27-15-7-8-17(16-27)23(28)24-18-9-3-2-4-10-18/h2-6,9-14,17H,7-8,15-16H2,1H3,(H,24,28). The van der Waals surface area contributed by atoms with Crippen molar-refractivity contribution >= 4 is 17.4 Å². The van der Waals surface area contributed by atoms with Crippen LogP contribution in [-0.2, 0) is 4.79 Å². The first-order valence-corrected chi connectivity index (χ1v) is 9.82. The number of para-hydroxylation sites is 2. The number of methoxy groups -OCH3 is 1. The highest BCUT2D eigenvalue weighted by Crippen LogP contribution is 2.29. The molecule has 1 fully saturated rings. The Morgan fingerprint density at radius 2 is 1.83 bits per heavy atom. The van der Waals surface area contributed by atoms with Gasteiger partial charge in [-0.25, -0.2) is 0 Å². The second-order valence-electron chi connectivity index (χ2n) is 7.12. The topological polar surface area (TPSA) is 67.3 Å². The van der Waals surface area contributed by atoms with Crippen LogP contribution in [0, 0.1) is 5.92 Å². The number of hydrogen-bond acceptors (Lipinski definition) is 5. The van der Waals surface area contributed by atoms with Gasteiger partial charge in [0.05, 0.1) is 18.7 Å². The third-order valence-corrected chi connectivity index (χ3v) is 5.19. The second-order valence-corrected chi connectivity index (χ2v) is 7.12. The summed E-state index contributed by atoms with van der Waals surface area (Å²) in [6, 6.07) is 21.3. The summed E-state index contributed by atoms with van der Waals surface area (Å²) in [7, 11) is 1.65. The number of hydrogen-bond donors (Lipinski definition) is 1. The van der Waals surface area contributed by atoms with Gasteiger partial charge >= 0.3 is 0 Å². The molecule has 1 amide bonds. The molecule has 0 spiro atoms. The highest BCUT2D eigenvalue weighted by atomic mass is 16.5. The fraction of sp³-hybridized carbons (Fsp3) is 0.261. The molecule has 1 atom stereocenters. The van der Waals surface area contributed by atoms with Gasteiger partial charge in [-0.15, -0.1) is 10.2 Å². The summed E-state index contributed by atoms with van der Waals surface area (Å²) in [5.41, 5.74) is 2.50. The SMILES string of the molecule is COc1ccccc1-c1ccc(N2CCCC(C(=O)Nc3ccccc3)C2)nn1. The Bertz CT molecular complexity index is 960. The number of nitrogens with zero attached hydrogens (tertiary/aromatic N) is 3. The summed E-state index contributed by atoms with van der Waals surface area (Å²) in [5.74, 6) is 1.55. The number of ether oxygens (including phenoxy) is 1. The fourth-order valence-electron chi connectivity index (χ4n) is 3.66. The van der Waals surface area contributed by atoms with E-state index in [1.165, 1.54) is 0 Å². The molecule has 4 rings (SSSR count). The molecule has 0 radical (unpaired) electrons. The van der Waals surface area contributed by atoms with Crippen molar-refractivity contribution in [1.29, 1.82) is 0 Å². The number of benzene rings is 2. The van der Waals surface area contributed by atoms with E-state index in [2.05, 4.69) is 20.4 Å². The van der Waals surface area contributed by atoms with Crippen molar-refractivity contribution < 1.29 is 9.53 Å². The van der Waals surface area contributed by atoms with Crippen molar-refractivity contribution in [3.05, 3.63) is 66.7 Å². The number of aromatic nitrogens is 2. The van der Waals surface area contributed by atoms with Gasteiger partial charge in [0, 0.05) is 24.3 Å². The molecular weight excluding hydrogens is 364 g/mol. The number of rotatable bonds is 5. The molecule has 6 heteroatoms. The molecule has 6 nitrogen and oxygen atoms in total. The first kappa shape index (κ1) is 18.9. The summed E-state index contributed by atoms with van der Waals surface area (Å²) in [6.07, 6.45) is 1.82. The third-order valence-electron chi connectivity index (χ3n) is 5.19. The van der Waals surface area contributed by atoms with Gasteiger partial charge in [-0.05, 0) is 49.2 Å². The van der Waals surface area contributed by atoms with Crippen LogP contribution in [0.15, 0.2) is 66.7 Å². The number of anilines is 2. The van der Waals surface area contributed by atoms with E-state index in [1.807, 2.05) is 66.7 Å². The van der Waals surface area contributed by atoms with Gasteiger partial charge in [0.25, 0.3) is 0 Å². The number of piperidine rings is 1. The average Bonchev–Trinajstić information content (AvgIpc) is 2.80. The Kier molecular flexibility index (Phi) is 5.70. The van der Waals surface area contributed by atoms with Crippen molar-refractivity contribution in [2.24, 2.45) is 5.92 Å². The molecule has 1 aliphatic rings. The lowest BCUT2D eigenvalue weighted by molar-refractivity contribution is -0.120. The quantitative estimate of drug-likeness (QED) is 0.715. The molecule has 2 heterocycles. The van der Waals surface area contributed by atoms with E-state index < -0.39 is 0 Å². The summed E-state index contributed by atoms with van der Waals surface area (Å²) in [5, 5.41) is 11.8. The van der Waals surface area contributed by atoms with Crippen LogP contribution in [0.5, 0.6) is 5.75 Å². The Labute approximate surface area is 170 Å². The Morgan fingerprint density at radius 3 is 2.59 bits per heavy atom. The first-order chi connectivity index (χ1) is 14.2. The van der Waals surface area contributed by atoms with Gasteiger partial charge in [-0.1, -0.05) is 30.3 Å². The van der Waals surface area contributed by atoms with Crippen LogP contribution in [0.4, 0.5) is 11.5 Å². The first-order valence-electron chi connectivity index (χ1n) is 9.82. The maximum absolute atomic E-state index is 12.7. The highest BCUT2D eigenvalue weighted by Gasteiger charge is 2.27. The fourth-order valence-corrected chi connectivity index (χ4v) is 3.66. The van der Waals surface area contributed by atoms with E-state index in [4.69, 9.17) is 4.74 Å². The van der Waals surface area contributed by atoms with E-state index in [0.29, 0.717) is 6.54 Å². The zero-order valence-electron chi connectivity index (χ0n) is 16.4.